The van der Waals surface area contributed by atoms with Gasteiger partial charge >= 0.3 is 0 Å². The van der Waals surface area contributed by atoms with Crippen molar-refractivity contribution in [2.75, 3.05) is 27.1 Å². The lowest BCUT2D eigenvalue weighted by Crippen LogP contribution is -2.29. The van der Waals surface area contributed by atoms with E-state index in [1.54, 1.807) is 33.1 Å². The smallest absolute Gasteiger partial charge is 0.203 e. The second-order valence-corrected chi connectivity index (χ2v) is 7.60. The molecule has 1 N–H and O–H groups in total. The zero-order valence-corrected chi connectivity index (χ0v) is 16.7. The number of ether oxygens (including phenoxy) is 3. The lowest BCUT2D eigenvalue weighted by Gasteiger charge is -2.26. The molecule has 1 fully saturated rings. The highest BCUT2D eigenvalue weighted by Gasteiger charge is 2.23. The van der Waals surface area contributed by atoms with Crippen molar-refractivity contribution < 1.29 is 14.2 Å². The van der Waals surface area contributed by atoms with Gasteiger partial charge in [-0.2, -0.15) is 5.10 Å². The Labute approximate surface area is 159 Å². The summed E-state index contributed by atoms with van der Waals surface area (Å²) in [7, 11) is 4.84. The Hall–Kier alpha value is -1.89. The van der Waals surface area contributed by atoms with Crippen molar-refractivity contribution in [1.29, 1.82) is 0 Å². The minimum atomic E-state index is 0.414. The van der Waals surface area contributed by atoms with Crippen LogP contribution in [0.2, 0.25) is 0 Å². The molecule has 1 aromatic rings. The summed E-state index contributed by atoms with van der Waals surface area (Å²) >= 11 is 1.69. The second-order valence-electron chi connectivity index (χ2n) is 6.64. The summed E-state index contributed by atoms with van der Waals surface area (Å²) in [4.78, 5) is 4.89. The molecule has 142 valence electrons. The third kappa shape index (κ3) is 4.09. The summed E-state index contributed by atoms with van der Waals surface area (Å²) in [5.41, 5.74) is 5.01. The molecule has 0 aromatic heterocycles. The molecule has 2 aliphatic rings. The molecule has 0 spiro atoms. The van der Waals surface area contributed by atoms with E-state index in [1.165, 1.54) is 25.7 Å². The number of benzene rings is 1. The highest BCUT2D eigenvalue weighted by molar-refractivity contribution is 8.14. The molecule has 1 heterocycles. The number of amidine groups is 1. The standard InChI is InChI=1S/C19H27N3O3S/c1-12-7-5-6-8-14(12)20-19-22-21-15(11-26-19)13-9-16(23-2)18(25-4)17(10-13)24-3/h9-10,12,14H,5-8,11H2,1-4H3,(H,20,22)/t12-,14+/m0/s1. The molecule has 1 aliphatic carbocycles. The first kappa shape index (κ1) is 18.9. The van der Waals surface area contributed by atoms with Crippen LogP contribution in [0, 0.1) is 5.92 Å². The first-order chi connectivity index (χ1) is 12.7. The van der Waals surface area contributed by atoms with Gasteiger partial charge in [0.1, 0.15) is 0 Å². The van der Waals surface area contributed by atoms with Crippen LogP contribution in [0.1, 0.15) is 38.2 Å². The maximum Gasteiger partial charge on any atom is 0.203 e. The van der Waals surface area contributed by atoms with E-state index >= 15 is 0 Å². The van der Waals surface area contributed by atoms with Gasteiger partial charge in [0.05, 0.1) is 33.1 Å². The van der Waals surface area contributed by atoms with Gasteiger partial charge < -0.3 is 14.2 Å². The van der Waals surface area contributed by atoms with E-state index in [0.717, 1.165) is 22.2 Å². The van der Waals surface area contributed by atoms with Crippen LogP contribution in [-0.2, 0) is 0 Å². The van der Waals surface area contributed by atoms with E-state index in [2.05, 4.69) is 17.5 Å². The van der Waals surface area contributed by atoms with Gasteiger partial charge in [0.25, 0.3) is 0 Å². The quantitative estimate of drug-likeness (QED) is 0.848. The second kappa shape index (κ2) is 8.66. The van der Waals surface area contributed by atoms with Crippen molar-refractivity contribution in [3.63, 3.8) is 0 Å². The average molecular weight is 378 g/mol. The molecule has 0 saturated heterocycles. The summed E-state index contributed by atoms with van der Waals surface area (Å²) in [5, 5.41) is 5.46. The molecule has 1 aliphatic heterocycles. The number of hydrogen-bond acceptors (Lipinski definition) is 6. The molecule has 2 atom stereocenters. The van der Waals surface area contributed by atoms with Crippen molar-refractivity contribution in [2.45, 2.75) is 38.6 Å². The SMILES string of the molecule is COc1cc(C2=NNC(=N[C@@H]3CCCC[C@@H]3C)SC2)cc(OC)c1OC. The van der Waals surface area contributed by atoms with Gasteiger partial charge in [-0.05, 0) is 30.9 Å². The van der Waals surface area contributed by atoms with Crippen molar-refractivity contribution >= 4 is 22.6 Å². The van der Waals surface area contributed by atoms with E-state index in [-0.39, 0.29) is 0 Å². The zero-order valence-electron chi connectivity index (χ0n) is 15.9. The molecule has 1 saturated carbocycles. The topological polar surface area (TPSA) is 64.4 Å². The summed E-state index contributed by atoms with van der Waals surface area (Å²) in [5.74, 6) is 3.25. The summed E-state index contributed by atoms with van der Waals surface area (Å²) in [6, 6.07) is 4.26. The number of methoxy groups -OCH3 is 3. The van der Waals surface area contributed by atoms with Gasteiger partial charge in [-0.15, -0.1) is 0 Å². The maximum atomic E-state index is 5.43. The lowest BCUT2D eigenvalue weighted by molar-refractivity contribution is 0.324. The van der Waals surface area contributed by atoms with E-state index in [4.69, 9.17) is 19.2 Å². The monoisotopic (exact) mass is 377 g/mol. The Bertz CT molecular complexity index is 680. The normalized spacial score (nSPS) is 24.6. The number of hydrazone groups is 1. The number of nitrogens with zero attached hydrogens (tertiary/aromatic N) is 2. The predicted molar refractivity (Wildman–Crippen MR) is 107 cm³/mol. The van der Waals surface area contributed by atoms with Gasteiger partial charge in [-0.25, -0.2) is 0 Å². The van der Waals surface area contributed by atoms with Crippen LogP contribution in [0.3, 0.4) is 0 Å². The lowest BCUT2D eigenvalue weighted by atomic mass is 9.86. The van der Waals surface area contributed by atoms with Crippen LogP contribution < -0.4 is 19.6 Å². The van der Waals surface area contributed by atoms with E-state index in [1.807, 2.05) is 12.1 Å². The first-order valence-corrected chi connectivity index (χ1v) is 9.98. The fourth-order valence-corrected chi connectivity index (χ4v) is 4.24. The molecule has 0 radical (unpaired) electrons. The van der Waals surface area contributed by atoms with Crippen LogP contribution in [0.4, 0.5) is 0 Å². The van der Waals surface area contributed by atoms with Crippen molar-refractivity contribution in [2.24, 2.45) is 16.0 Å². The Kier molecular flexibility index (Phi) is 6.29. The number of nitrogens with one attached hydrogen (secondary N) is 1. The summed E-state index contributed by atoms with van der Waals surface area (Å²) in [6.07, 6.45) is 5.05. The van der Waals surface area contributed by atoms with Crippen LogP contribution in [0.5, 0.6) is 17.2 Å². The van der Waals surface area contributed by atoms with Crippen LogP contribution in [0.15, 0.2) is 22.2 Å². The molecule has 7 heteroatoms. The third-order valence-electron chi connectivity index (χ3n) is 4.98. The molecular weight excluding hydrogens is 350 g/mol. The van der Waals surface area contributed by atoms with E-state index < -0.39 is 0 Å². The first-order valence-electron chi connectivity index (χ1n) is 8.99. The summed E-state index contributed by atoms with van der Waals surface area (Å²) < 4.78 is 16.2. The molecule has 26 heavy (non-hydrogen) atoms. The highest BCUT2D eigenvalue weighted by atomic mass is 32.2. The highest BCUT2D eigenvalue weighted by Crippen LogP contribution is 2.38. The fraction of sp³-hybridized carbons (Fsp3) is 0.579. The third-order valence-corrected chi connectivity index (χ3v) is 5.87. The largest absolute Gasteiger partial charge is 0.493 e. The van der Waals surface area contributed by atoms with E-state index in [0.29, 0.717) is 29.2 Å². The van der Waals surface area contributed by atoms with Crippen LogP contribution in [-0.4, -0.2) is 44.0 Å². The van der Waals surface area contributed by atoms with Crippen LogP contribution in [0.25, 0.3) is 0 Å². The van der Waals surface area contributed by atoms with Crippen molar-refractivity contribution in [3.05, 3.63) is 17.7 Å². The average Bonchev–Trinajstić information content (AvgIpc) is 2.69. The minimum absolute atomic E-state index is 0.414. The molecular formula is C19H27N3O3S. The number of rotatable bonds is 5. The van der Waals surface area contributed by atoms with Crippen molar-refractivity contribution in [3.8, 4) is 17.2 Å². The molecule has 0 amide bonds. The molecule has 0 unspecified atom stereocenters. The van der Waals surface area contributed by atoms with Crippen LogP contribution >= 0.6 is 11.8 Å². The Morgan fingerprint density at radius 1 is 1.08 bits per heavy atom. The maximum absolute atomic E-state index is 5.43. The molecule has 1 aromatic carbocycles. The van der Waals surface area contributed by atoms with Gasteiger partial charge in [0, 0.05) is 11.3 Å². The number of hydrogen-bond donors (Lipinski definition) is 1. The van der Waals surface area contributed by atoms with Gasteiger partial charge in [-0.1, -0.05) is 31.5 Å². The number of aliphatic imine (C=N–C) groups is 1. The van der Waals surface area contributed by atoms with E-state index in [9.17, 15) is 0 Å². The predicted octanol–water partition coefficient (Wildman–Crippen LogP) is 3.69. The number of thioether (sulfide) groups is 1. The van der Waals surface area contributed by atoms with Gasteiger partial charge in [0.2, 0.25) is 5.75 Å². The Balaban J connectivity index is 1.78. The Morgan fingerprint density at radius 2 is 1.77 bits per heavy atom. The molecule has 6 nitrogen and oxygen atoms in total. The fourth-order valence-electron chi connectivity index (χ4n) is 3.42. The van der Waals surface area contributed by atoms with Crippen molar-refractivity contribution in [1.82, 2.24) is 5.43 Å². The van der Waals surface area contributed by atoms with Gasteiger partial charge in [0.15, 0.2) is 16.7 Å². The minimum Gasteiger partial charge on any atom is -0.493 e. The Morgan fingerprint density at radius 3 is 2.31 bits per heavy atom. The zero-order chi connectivity index (χ0) is 18.5. The molecule has 0 bridgehead atoms. The molecule has 3 rings (SSSR count). The summed E-state index contributed by atoms with van der Waals surface area (Å²) in [6.45, 7) is 2.30. The van der Waals surface area contributed by atoms with Gasteiger partial charge in [-0.3, -0.25) is 10.4 Å².